The molecule has 3 N–H and O–H groups in total. The molecule has 0 amide bonds. The van der Waals surface area contributed by atoms with Crippen molar-refractivity contribution in [2.24, 2.45) is 10.7 Å². The lowest BCUT2D eigenvalue weighted by atomic mass is 10.1. The number of aliphatic imine (C=N–C) groups is 1. The lowest BCUT2D eigenvalue weighted by Crippen LogP contribution is -2.45. The highest BCUT2D eigenvalue weighted by Gasteiger charge is 2.20. The standard InChI is InChI=1S/C11H23N3O2/c1-9(2)13-11(12)14-5-3-10(4-6-14)16-8-7-15/h9-10,15H,3-8H2,1-2H3,(H2,12,13). The van der Waals surface area contributed by atoms with Crippen molar-refractivity contribution >= 4 is 5.96 Å². The average molecular weight is 229 g/mol. The van der Waals surface area contributed by atoms with Crippen molar-refractivity contribution in [3.63, 3.8) is 0 Å². The van der Waals surface area contributed by atoms with E-state index in [4.69, 9.17) is 15.6 Å². The van der Waals surface area contributed by atoms with E-state index < -0.39 is 0 Å². The first-order valence-corrected chi connectivity index (χ1v) is 5.94. The quantitative estimate of drug-likeness (QED) is 0.533. The molecule has 0 aromatic rings. The van der Waals surface area contributed by atoms with Gasteiger partial charge in [0.1, 0.15) is 0 Å². The second-order valence-corrected chi connectivity index (χ2v) is 4.36. The maximum atomic E-state index is 8.66. The van der Waals surface area contributed by atoms with Crippen LogP contribution in [0.4, 0.5) is 0 Å². The summed E-state index contributed by atoms with van der Waals surface area (Å²) in [5.74, 6) is 0.635. The topological polar surface area (TPSA) is 71.1 Å². The minimum Gasteiger partial charge on any atom is -0.394 e. The van der Waals surface area contributed by atoms with Crippen molar-refractivity contribution in [3.8, 4) is 0 Å². The lowest BCUT2D eigenvalue weighted by molar-refractivity contribution is 0.00145. The zero-order chi connectivity index (χ0) is 12.0. The van der Waals surface area contributed by atoms with Gasteiger partial charge >= 0.3 is 0 Å². The monoisotopic (exact) mass is 229 g/mol. The molecule has 0 aliphatic carbocycles. The Morgan fingerprint density at radius 3 is 2.62 bits per heavy atom. The molecule has 1 aliphatic heterocycles. The van der Waals surface area contributed by atoms with Crippen LogP contribution in [0.25, 0.3) is 0 Å². The van der Waals surface area contributed by atoms with Gasteiger partial charge in [-0.05, 0) is 26.7 Å². The van der Waals surface area contributed by atoms with Crippen LogP contribution in [0.1, 0.15) is 26.7 Å². The summed E-state index contributed by atoms with van der Waals surface area (Å²) in [4.78, 5) is 6.42. The SMILES string of the molecule is CC(C)N=C(N)N1CCC(OCCO)CC1. The van der Waals surface area contributed by atoms with E-state index in [2.05, 4.69) is 9.89 Å². The van der Waals surface area contributed by atoms with E-state index >= 15 is 0 Å². The summed E-state index contributed by atoms with van der Waals surface area (Å²) in [6, 6.07) is 0.239. The Kier molecular flexibility index (Phi) is 5.55. The van der Waals surface area contributed by atoms with Crippen LogP contribution >= 0.6 is 0 Å². The van der Waals surface area contributed by atoms with Gasteiger partial charge in [-0.25, -0.2) is 0 Å². The Labute approximate surface area is 97.3 Å². The van der Waals surface area contributed by atoms with Crippen LogP contribution in [0.3, 0.4) is 0 Å². The van der Waals surface area contributed by atoms with Crippen LogP contribution in [0, 0.1) is 0 Å². The molecule has 1 fully saturated rings. The lowest BCUT2D eigenvalue weighted by Gasteiger charge is -2.32. The first-order chi connectivity index (χ1) is 7.63. The second kappa shape index (κ2) is 6.70. The van der Waals surface area contributed by atoms with Gasteiger partial charge in [-0.15, -0.1) is 0 Å². The summed E-state index contributed by atoms with van der Waals surface area (Å²) < 4.78 is 5.48. The highest BCUT2D eigenvalue weighted by molar-refractivity contribution is 5.78. The Balaban J connectivity index is 2.31. The van der Waals surface area contributed by atoms with Crippen LogP contribution in [0.2, 0.25) is 0 Å². The van der Waals surface area contributed by atoms with Gasteiger partial charge in [0.25, 0.3) is 0 Å². The van der Waals surface area contributed by atoms with Crippen LogP contribution in [-0.2, 0) is 4.74 Å². The Hall–Kier alpha value is -0.810. The molecular formula is C11H23N3O2. The smallest absolute Gasteiger partial charge is 0.191 e. The maximum Gasteiger partial charge on any atom is 0.191 e. The third-order valence-corrected chi connectivity index (χ3v) is 2.60. The Morgan fingerprint density at radius 1 is 1.50 bits per heavy atom. The fraction of sp³-hybridized carbons (Fsp3) is 0.909. The van der Waals surface area contributed by atoms with E-state index in [0.29, 0.717) is 12.6 Å². The number of nitrogens with two attached hydrogens (primary N) is 1. The van der Waals surface area contributed by atoms with Crippen molar-refractivity contribution in [1.29, 1.82) is 0 Å². The second-order valence-electron chi connectivity index (χ2n) is 4.36. The molecule has 94 valence electrons. The van der Waals surface area contributed by atoms with Gasteiger partial charge in [-0.2, -0.15) is 0 Å². The summed E-state index contributed by atoms with van der Waals surface area (Å²) in [5, 5.41) is 8.66. The van der Waals surface area contributed by atoms with Gasteiger partial charge in [0.15, 0.2) is 5.96 Å². The number of aliphatic hydroxyl groups is 1. The van der Waals surface area contributed by atoms with E-state index in [-0.39, 0.29) is 18.8 Å². The van der Waals surface area contributed by atoms with Crippen molar-refractivity contribution in [1.82, 2.24) is 4.90 Å². The molecular weight excluding hydrogens is 206 g/mol. The number of hydrogen-bond acceptors (Lipinski definition) is 3. The molecule has 0 aromatic carbocycles. The predicted molar refractivity (Wildman–Crippen MR) is 64.4 cm³/mol. The molecule has 0 aromatic heterocycles. The normalized spacial score (nSPS) is 19.5. The molecule has 0 atom stereocenters. The van der Waals surface area contributed by atoms with Gasteiger partial charge in [0, 0.05) is 19.1 Å². The highest BCUT2D eigenvalue weighted by atomic mass is 16.5. The molecule has 1 rings (SSSR count). The number of hydrogen-bond donors (Lipinski definition) is 2. The van der Waals surface area contributed by atoms with E-state index in [1.807, 2.05) is 13.8 Å². The number of ether oxygens (including phenoxy) is 1. The van der Waals surface area contributed by atoms with Crippen molar-refractivity contribution in [2.45, 2.75) is 38.8 Å². The zero-order valence-corrected chi connectivity index (χ0v) is 10.2. The summed E-state index contributed by atoms with van der Waals surface area (Å²) in [6.07, 6.45) is 2.16. The molecule has 1 saturated heterocycles. The first-order valence-electron chi connectivity index (χ1n) is 5.94. The number of rotatable bonds is 4. The summed E-state index contributed by atoms with van der Waals surface area (Å²) in [6.45, 7) is 6.33. The predicted octanol–water partition coefficient (Wildman–Crippen LogP) is 0.183. The van der Waals surface area contributed by atoms with E-state index in [1.165, 1.54) is 0 Å². The molecule has 1 aliphatic rings. The van der Waals surface area contributed by atoms with Crippen molar-refractivity contribution in [3.05, 3.63) is 0 Å². The first kappa shape index (κ1) is 13.3. The molecule has 0 unspecified atom stereocenters. The minimum atomic E-state index is 0.0944. The van der Waals surface area contributed by atoms with Gasteiger partial charge < -0.3 is 20.5 Å². The van der Waals surface area contributed by atoms with Crippen LogP contribution in [-0.4, -0.2) is 54.4 Å². The van der Waals surface area contributed by atoms with Gasteiger partial charge in [0.2, 0.25) is 0 Å². The number of nitrogens with zero attached hydrogens (tertiary/aromatic N) is 2. The maximum absolute atomic E-state index is 8.66. The summed E-state index contributed by atoms with van der Waals surface area (Å²) in [5.41, 5.74) is 5.89. The number of piperidine rings is 1. The number of aliphatic hydroxyl groups excluding tert-OH is 1. The third kappa shape index (κ3) is 4.37. The number of guanidine groups is 1. The van der Waals surface area contributed by atoms with Gasteiger partial charge in [-0.1, -0.05) is 0 Å². The molecule has 0 saturated carbocycles. The van der Waals surface area contributed by atoms with Gasteiger partial charge in [0.05, 0.1) is 19.3 Å². The van der Waals surface area contributed by atoms with Gasteiger partial charge in [-0.3, -0.25) is 4.99 Å². The molecule has 0 spiro atoms. The molecule has 0 radical (unpaired) electrons. The fourth-order valence-corrected chi connectivity index (χ4v) is 1.82. The molecule has 16 heavy (non-hydrogen) atoms. The molecule has 5 nitrogen and oxygen atoms in total. The van der Waals surface area contributed by atoms with Crippen molar-refractivity contribution in [2.75, 3.05) is 26.3 Å². The zero-order valence-electron chi connectivity index (χ0n) is 10.2. The highest BCUT2D eigenvalue weighted by Crippen LogP contribution is 2.13. The van der Waals surface area contributed by atoms with Crippen molar-refractivity contribution < 1.29 is 9.84 Å². The molecule has 1 heterocycles. The van der Waals surface area contributed by atoms with E-state index in [9.17, 15) is 0 Å². The average Bonchev–Trinajstić information content (AvgIpc) is 2.26. The third-order valence-electron chi connectivity index (χ3n) is 2.60. The van der Waals surface area contributed by atoms with E-state index in [0.717, 1.165) is 25.9 Å². The van der Waals surface area contributed by atoms with Crippen LogP contribution in [0.15, 0.2) is 4.99 Å². The van der Waals surface area contributed by atoms with Crippen LogP contribution < -0.4 is 5.73 Å². The fourth-order valence-electron chi connectivity index (χ4n) is 1.82. The summed E-state index contributed by atoms with van der Waals surface area (Å²) >= 11 is 0. The Morgan fingerprint density at radius 2 is 2.12 bits per heavy atom. The minimum absolute atomic E-state index is 0.0944. The number of likely N-dealkylation sites (tertiary alicyclic amines) is 1. The summed E-state index contributed by atoms with van der Waals surface area (Å²) in [7, 11) is 0. The largest absolute Gasteiger partial charge is 0.394 e. The van der Waals surface area contributed by atoms with Crippen LogP contribution in [0.5, 0.6) is 0 Å². The van der Waals surface area contributed by atoms with E-state index in [1.54, 1.807) is 0 Å². The molecule has 5 heteroatoms. The Bertz CT molecular complexity index is 223. The molecule has 0 bridgehead atoms.